The van der Waals surface area contributed by atoms with E-state index in [1.807, 2.05) is 6.92 Å². The molecule has 0 saturated carbocycles. The molecule has 0 radical (unpaired) electrons. The fourth-order valence-electron chi connectivity index (χ4n) is 2.06. The highest BCUT2D eigenvalue weighted by atomic mass is 16.5. The minimum Gasteiger partial charge on any atom is -0.476 e. The second kappa shape index (κ2) is 5.87. The Morgan fingerprint density at radius 2 is 2.12 bits per heavy atom. The summed E-state index contributed by atoms with van der Waals surface area (Å²) in [6, 6.07) is 1.80. The van der Waals surface area contributed by atoms with Crippen LogP contribution in [0.25, 0.3) is 0 Å². The largest absolute Gasteiger partial charge is 0.476 e. The summed E-state index contributed by atoms with van der Waals surface area (Å²) in [4.78, 5) is 6.65. The number of pyridine rings is 1. The first-order chi connectivity index (χ1) is 8.25. The van der Waals surface area contributed by atoms with Crippen LogP contribution in [0.3, 0.4) is 0 Å². The molecule has 17 heavy (non-hydrogen) atoms. The minimum atomic E-state index is 0.630. The molecule has 1 aliphatic heterocycles. The predicted molar refractivity (Wildman–Crippen MR) is 69.2 cm³/mol. The van der Waals surface area contributed by atoms with E-state index in [1.165, 1.54) is 32.4 Å². The molecule has 4 heteroatoms. The second-order valence-electron chi connectivity index (χ2n) is 4.63. The third kappa shape index (κ3) is 3.60. The number of nitrogens with two attached hydrogens (primary N) is 1. The maximum absolute atomic E-state index is 5.80. The molecule has 0 amide bonds. The topological polar surface area (TPSA) is 51.4 Å². The van der Waals surface area contributed by atoms with E-state index in [2.05, 4.69) is 9.88 Å². The van der Waals surface area contributed by atoms with Crippen molar-refractivity contribution in [1.82, 2.24) is 9.88 Å². The van der Waals surface area contributed by atoms with E-state index in [9.17, 15) is 0 Å². The van der Waals surface area contributed by atoms with Crippen LogP contribution in [0, 0.1) is 6.92 Å². The van der Waals surface area contributed by atoms with Crippen LogP contribution in [0.5, 0.6) is 5.88 Å². The van der Waals surface area contributed by atoms with Crippen molar-refractivity contribution in [1.29, 1.82) is 0 Å². The Bertz CT molecular complexity index is 362. The van der Waals surface area contributed by atoms with Crippen LogP contribution in [-0.4, -0.2) is 36.1 Å². The molecule has 94 valence electrons. The van der Waals surface area contributed by atoms with Gasteiger partial charge in [0.15, 0.2) is 0 Å². The summed E-state index contributed by atoms with van der Waals surface area (Å²) in [5.41, 5.74) is 7.54. The lowest BCUT2D eigenvalue weighted by Crippen LogP contribution is -2.33. The van der Waals surface area contributed by atoms with Gasteiger partial charge in [-0.15, -0.1) is 0 Å². The van der Waals surface area contributed by atoms with Crippen molar-refractivity contribution in [2.75, 3.05) is 32.0 Å². The van der Waals surface area contributed by atoms with Crippen molar-refractivity contribution in [3.8, 4) is 5.88 Å². The van der Waals surface area contributed by atoms with E-state index in [0.29, 0.717) is 12.5 Å². The van der Waals surface area contributed by atoms with Gasteiger partial charge in [-0.2, -0.15) is 0 Å². The van der Waals surface area contributed by atoms with Gasteiger partial charge in [-0.05, 0) is 38.4 Å². The first kappa shape index (κ1) is 12.2. The normalized spacial score (nSPS) is 17.0. The molecule has 0 spiro atoms. The summed E-state index contributed by atoms with van der Waals surface area (Å²) in [5, 5.41) is 0. The van der Waals surface area contributed by atoms with Gasteiger partial charge in [-0.25, -0.2) is 4.98 Å². The standard InChI is InChI=1S/C13H21N3O/c1-11-10-15-13(9-12(11)14)17-8-7-16-5-3-2-4-6-16/h9-10H,2-8H2,1H3,(H2,14,15). The second-order valence-corrected chi connectivity index (χ2v) is 4.63. The third-order valence-corrected chi connectivity index (χ3v) is 3.23. The highest BCUT2D eigenvalue weighted by molar-refractivity contribution is 5.47. The van der Waals surface area contributed by atoms with Gasteiger partial charge in [0.05, 0.1) is 0 Å². The van der Waals surface area contributed by atoms with E-state index in [0.717, 1.165) is 17.8 Å². The van der Waals surface area contributed by atoms with Gasteiger partial charge < -0.3 is 10.5 Å². The molecule has 0 unspecified atom stereocenters. The zero-order valence-electron chi connectivity index (χ0n) is 10.5. The Labute approximate surface area is 103 Å². The molecule has 2 heterocycles. The SMILES string of the molecule is Cc1cnc(OCCN2CCCCC2)cc1N. The van der Waals surface area contributed by atoms with Crippen LogP contribution in [0.1, 0.15) is 24.8 Å². The van der Waals surface area contributed by atoms with Gasteiger partial charge in [0.1, 0.15) is 6.61 Å². The van der Waals surface area contributed by atoms with Crippen LogP contribution in [0.2, 0.25) is 0 Å². The lowest BCUT2D eigenvalue weighted by Gasteiger charge is -2.26. The average molecular weight is 235 g/mol. The molecule has 1 aromatic rings. The lowest BCUT2D eigenvalue weighted by molar-refractivity contribution is 0.180. The monoisotopic (exact) mass is 235 g/mol. The number of ether oxygens (including phenoxy) is 1. The van der Waals surface area contributed by atoms with Gasteiger partial charge in [0.2, 0.25) is 5.88 Å². The van der Waals surface area contributed by atoms with Crippen LogP contribution < -0.4 is 10.5 Å². The highest BCUT2D eigenvalue weighted by Crippen LogP contribution is 2.15. The van der Waals surface area contributed by atoms with Crippen molar-refractivity contribution in [2.24, 2.45) is 0 Å². The number of likely N-dealkylation sites (tertiary alicyclic amines) is 1. The zero-order chi connectivity index (χ0) is 12.1. The molecule has 1 aliphatic rings. The molecule has 2 rings (SSSR count). The summed E-state index contributed by atoms with van der Waals surface area (Å²) >= 11 is 0. The Balaban J connectivity index is 1.75. The van der Waals surface area contributed by atoms with Crippen LogP contribution in [-0.2, 0) is 0 Å². The van der Waals surface area contributed by atoms with Gasteiger partial charge in [-0.1, -0.05) is 6.42 Å². The van der Waals surface area contributed by atoms with Crippen LogP contribution >= 0.6 is 0 Å². The van der Waals surface area contributed by atoms with E-state index in [1.54, 1.807) is 12.3 Å². The Kier molecular flexibility index (Phi) is 4.20. The quantitative estimate of drug-likeness (QED) is 0.865. The van der Waals surface area contributed by atoms with Gasteiger partial charge >= 0.3 is 0 Å². The Hall–Kier alpha value is -1.29. The predicted octanol–water partition coefficient (Wildman–Crippen LogP) is 1.84. The lowest BCUT2D eigenvalue weighted by atomic mass is 10.1. The summed E-state index contributed by atoms with van der Waals surface area (Å²) in [5.74, 6) is 0.630. The van der Waals surface area contributed by atoms with Crippen molar-refractivity contribution in [3.63, 3.8) is 0 Å². The number of hydrogen-bond acceptors (Lipinski definition) is 4. The number of piperidine rings is 1. The Morgan fingerprint density at radius 1 is 1.35 bits per heavy atom. The molecule has 4 nitrogen and oxygen atoms in total. The number of anilines is 1. The van der Waals surface area contributed by atoms with Gasteiger partial charge in [-0.3, -0.25) is 4.90 Å². The summed E-state index contributed by atoms with van der Waals surface area (Å²) in [6.07, 6.45) is 5.75. The van der Waals surface area contributed by atoms with Crippen molar-refractivity contribution >= 4 is 5.69 Å². The summed E-state index contributed by atoms with van der Waals surface area (Å²) in [6.45, 7) is 6.02. The molecule has 2 N–H and O–H groups in total. The fraction of sp³-hybridized carbons (Fsp3) is 0.615. The first-order valence-corrected chi connectivity index (χ1v) is 6.33. The molecule has 0 bridgehead atoms. The molecule has 1 aromatic heterocycles. The van der Waals surface area contributed by atoms with Gasteiger partial charge in [0.25, 0.3) is 0 Å². The average Bonchev–Trinajstić information content (AvgIpc) is 2.35. The van der Waals surface area contributed by atoms with Gasteiger partial charge in [0, 0.05) is 24.5 Å². The summed E-state index contributed by atoms with van der Waals surface area (Å²) in [7, 11) is 0. The smallest absolute Gasteiger partial charge is 0.215 e. The van der Waals surface area contributed by atoms with E-state index in [4.69, 9.17) is 10.5 Å². The van der Waals surface area contributed by atoms with Crippen molar-refractivity contribution < 1.29 is 4.74 Å². The minimum absolute atomic E-state index is 0.630. The molecule has 0 aliphatic carbocycles. The zero-order valence-corrected chi connectivity index (χ0v) is 10.5. The van der Waals surface area contributed by atoms with E-state index < -0.39 is 0 Å². The third-order valence-electron chi connectivity index (χ3n) is 3.23. The molecular weight excluding hydrogens is 214 g/mol. The number of aryl methyl sites for hydroxylation is 1. The number of aromatic nitrogens is 1. The number of nitrogen functional groups attached to an aromatic ring is 1. The number of hydrogen-bond donors (Lipinski definition) is 1. The highest BCUT2D eigenvalue weighted by Gasteiger charge is 2.09. The Morgan fingerprint density at radius 3 is 2.82 bits per heavy atom. The maximum Gasteiger partial charge on any atom is 0.215 e. The molecule has 1 fully saturated rings. The molecule has 0 aromatic carbocycles. The number of nitrogens with zero attached hydrogens (tertiary/aromatic N) is 2. The number of rotatable bonds is 4. The fourth-order valence-corrected chi connectivity index (χ4v) is 2.06. The van der Waals surface area contributed by atoms with Crippen LogP contribution in [0.4, 0.5) is 5.69 Å². The summed E-state index contributed by atoms with van der Waals surface area (Å²) < 4.78 is 5.61. The molecule has 1 saturated heterocycles. The van der Waals surface area contributed by atoms with E-state index in [-0.39, 0.29) is 0 Å². The first-order valence-electron chi connectivity index (χ1n) is 6.33. The van der Waals surface area contributed by atoms with E-state index >= 15 is 0 Å². The molecular formula is C13H21N3O. The van der Waals surface area contributed by atoms with Crippen molar-refractivity contribution in [2.45, 2.75) is 26.2 Å². The molecule has 0 atom stereocenters. The van der Waals surface area contributed by atoms with Crippen molar-refractivity contribution in [3.05, 3.63) is 17.8 Å². The maximum atomic E-state index is 5.80. The van der Waals surface area contributed by atoms with Crippen LogP contribution in [0.15, 0.2) is 12.3 Å².